The summed E-state index contributed by atoms with van der Waals surface area (Å²) >= 11 is 0. The average molecular weight is 681 g/mol. The zero-order valence-corrected chi connectivity index (χ0v) is 29.9. The Balaban J connectivity index is 1.20. The van der Waals surface area contributed by atoms with Gasteiger partial charge in [-0.2, -0.15) is 0 Å². The van der Waals surface area contributed by atoms with Gasteiger partial charge in [0.15, 0.2) is 0 Å². The van der Waals surface area contributed by atoms with Crippen molar-refractivity contribution in [1.29, 1.82) is 0 Å². The monoisotopic (exact) mass is 680 g/mol. The molecule has 0 amide bonds. The Kier molecular flexibility index (Phi) is 15.8. The first-order valence-electron chi connectivity index (χ1n) is 18.3. The van der Waals surface area contributed by atoms with Crippen molar-refractivity contribution in [2.24, 2.45) is 0 Å². The highest BCUT2D eigenvalue weighted by Crippen LogP contribution is 2.26. The molecule has 4 aromatic carbocycles. The molecule has 0 N–H and O–H groups in total. The summed E-state index contributed by atoms with van der Waals surface area (Å²) in [7, 11) is 0. The van der Waals surface area contributed by atoms with E-state index in [0.29, 0.717) is 36.5 Å². The highest BCUT2D eigenvalue weighted by atomic mass is 16.5. The molecular weight excluding hydrogens is 628 g/mol. The lowest BCUT2D eigenvalue weighted by Crippen LogP contribution is -2.15. The molecule has 7 heteroatoms. The van der Waals surface area contributed by atoms with Gasteiger partial charge in [-0.1, -0.05) is 75.9 Å². The van der Waals surface area contributed by atoms with E-state index in [0.717, 1.165) is 85.4 Å². The normalized spacial score (nSPS) is 11.6. The van der Waals surface area contributed by atoms with E-state index in [4.69, 9.17) is 18.9 Å². The van der Waals surface area contributed by atoms with Crippen LogP contribution >= 0.6 is 0 Å². The maximum absolute atomic E-state index is 12.9. The van der Waals surface area contributed by atoms with Gasteiger partial charge in [0, 0.05) is 6.42 Å². The second-order valence-electron chi connectivity index (χ2n) is 12.9. The van der Waals surface area contributed by atoms with Crippen LogP contribution in [-0.4, -0.2) is 37.2 Å². The molecule has 4 aromatic rings. The van der Waals surface area contributed by atoms with E-state index in [1.807, 2.05) is 61.5 Å². The molecule has 0 spiro atoms. The highest BCUT2D eigenvalue weighted by Gasteiger charge is 2.14. The van der Waals surface area contributed by atoms with Gasteiger partial charge in [-0.25, -0.2) is 9.59 Å². The molecule has 0 saturated heterocycles. The molecule has 0 radical (unpaired) electrons. The van der Waals surface area contributed by atoms with Crippen LogP contribution < -0.4 is 9.47 Å². The van der Waals surface area contributed by atoms with Crippen molar-refractivity contribution in [3.8, 4) is 22.6 Å². The third kappa shape index (κ3) is 12.7. The standard InChI is InChI=1S/C43H52O7/c1-4-6-8-11-14-32(3)49-43(46)38-21-20-37-31-40(27-24-36(37)30-38)50-42(45)35-18-16-33(17-19-35)34-22-25-39(26-23-34)47-28-12-9-10-13-29-48-41(44)15-7-5-2/h16-27,30-32H,4-15,28-29H2,1-3H3/t32-/m0/s1. The fourth-order valence-electron chi connectivity index (χ4n) is 5.62. The molecule has 0 fully saturated rings. The topological polar surface area (TPSA) is 88.1 Å². The molecule has 7 nitrogen and oxygen atoms in total. The van der Waals surface area contributed by atoms with Crippen molar-refractivity contribution >= 4 is 28.7 Å². The Bertz CT molecular complexity index is 1640. The van der Waals surface area contributed by atoms with E-state index in [2.05, 4.69) is 13.8 Å². The summed E-state index contributed by atoms with van der Waals surface area (Å²) in [6.07, 6.45) is 11.6. The second-order valence-corrected chi connectivity index (χ2v) is 12.9. The summed E-state index contributed by atoms with van der Waals surface area (Å²) in [5.74, 6) is 0.385. The summed E-state index contributed by atoms with van der Waals surface area (Å²) in [5, 5.41) is 1.73. The minimum Gasteiger partial charge on any atom is -0.494 e. The lowest BCUT2D eigenvalue weighted by Gasteiger charge is -2.13. The smallest absolute Gasteiger partial charge is 0.343 e. The lowest BCUT2D eigenvalue weighted by molar-refractivity contribution is -0.143. The summed E-state index contributed by atoms with van der Waals surface area (Å²) in [6.45, 7) is 7.32. The van der Waals surface area contributed by atoms with Crippen LogP contribution in [0.1, 0.15) is 119 Å². The first-order chi connectivity index (χ1) is 24.4. The van der Waals surface area contributed by atoms with Crippen molar-refractivity contribution in [3.05, 3.63) is 96.1 Å². The van der Waals surface area contributed by atoms with Gasteiger partial charge in [-0.05, 0) is 122 Å². The number of esters is 3. The molecule has 4 rings (SSSR count). The quantitative estimate of drug-likeness (QED) is 0.0491. The van der Waals surface area contributed by atoms with E-state index >= 15 is 0 Å². The Morgan fingerprint density at radius 1 is 0.580 bits per heavy atom. The first-order valence-corrected chi connectivity index (χ1v) is 18.3. The number of fused-ring (bicyclic) bond motifs is 1. The summed E-state index contributed by atoms with van der Waals surface area (Å²) < 4.78 is 22.5. The van der Waals surface area contributed by atoms with Gasteiger partial charge in [0.1, 0.15) is 11.5 Å². The second kappa shape index (κ2) is 20.8. The number of carbonyl (C=O) groups is 3. The number of benzene rings is 4. The zero-order valence-electron chi connectivity index (χ0n) is 29.9. The minimum absolute atomic E-state index is 0.0929. The highest BCUT2D eigenvalue weighted by molar-refractivity contribution is 5.96. The van der Waals surface area contributed by atoms with Crippen LogP contribution in [0, 0.1) is 0 Å². The number of unbranched alkanes of at least 4 members (excludes halogenated alkanes) is 7. The van der Waals surface area contributed by atoms with Gasteiger partial charge in [-0.15, -0.1) is 0 Å². The Labute approximate surface area is 297 Å². The van der Waals surface area contributed by atoms with Crippen LogP contribution in [0.3, 0.4) is 0 Å². The van der Waals surface area contributed by atoms with E-state index in [9.17, 15) is 14.4 Å². The minimum atomic E-state index is -0.444. The van der Waals surface area contributed by atoms with Crippen LogP contribution in [-0.2, 0) is 14.3 Å². The molecule has 0 aliphatic rings. The predicted octanol–water partition coefficient (Wildman–Crippen LogP) is 10.9. The average Bonchev–Trinajstić information content (AvgIpc) is 3.13. The Morgan fingerprint density at radius 2 is 1.18 bits per heavy atom. The molecule has 0 heterocycles. The fraction of sp³-hybridized carbons (Fsp3) is 0.419. The summed E-state index contributed by atoms with van der Waals surface area (Å²) in [6, 6.07) is 26.0. The fourth-order valence-corrected chi connectivity index (χ4v) is 5.62. The van der Waals surface area contributed by atoms with Crippen LogP contribution in [0.4, 0.5) is 0 Å². The summed E-state index contributed by atoms with van der Waals surface area (Å²) in [5.41, 5.74) is 2.96. The van der Waals surface area contributed by atoms with Gasteiger partial charge < -0.3 is 18.9 Å². The maximum atomic E-state index is 12.9. The van der Waals surface area contributed by atoms with Gasteiger partial charge >= 0.3 is 17.9 Å². The summed E-state index contributed by atoms with van der Waals surface area (Å²) in [4.78, 5) is 37.2. The molecule has 0 aliphatic heterocycles. The third-order valence-corrected chi connectivity index (χ3v) is 8.64. The number of hydrogen-bond acceptors (Lipinski definition) is 7. The SMILES string of the molecule is CCCCCC[C@H](C)OC(=O)c1ccc2cc(OC(=O)c3ccc(-c4ccc(OCCCCCCOC(=O)CCCC)cc4)cc3)ccc2c1. The number of carbonyl (C=O) groups excluding carboxylic acids is 3. The third-order valence-electron chi connectivity index (χ3n) is 8.64. The molecular formula is C43H52O7. The van der Waals surface area contributed by atoms with Crippen LogP contribution in [0.25, 0.3) is 21.9 Å². The number of hydrogen-bond donors (Lipinski definition) is 0. The molecule has 1 atom stereocenters. The molecule has 0 bridgehead atoms. The molecule has 0 aliphatic carbocycles. The molecule has 0 saturated carbocycles. The lowest BCUT2D eigenvalue weighted by atomic mass is 10.0. The largest absolute Gasteiger partial charge is 0.494 e. The van der Waals surface area contributed by atoms with Crippen LogP contribution in [0.2, 0.25) is 0 Å². The van der Waals surface area contributed by atoms with Gasteiger partial charge in [0.2, 0.25) is 0 Å². The molecule has 50 heavy (non-hydrogen) atoms. The van der Waals surface area contributed by atoms with Crippen molar-refractivity contribution < 1.29 is 33.3 Å². The van der Waals surface area contributed by atoms with Crippen LogP contribution in [0.5, 0.6) is 11.5 Å². The first kappa shape index (κ1) is 38.2. The molecule has 266 valence electrons. The van der Waals surface area contributed by atoms with Crippen molar-refractivity contribution in [2.75, 3.05) is 13.2 Å². The van der Waals surface area contributed by atoms with Crippen molar-refractivity contribution in [3.63, 3.8) is 0 Å². The van der Waals surface area contributed by atoms with Gasteiger partial charge in [-0.3, -0.25) is 4.79 Å². The molecule has 0 unspecified atom stereocenters. The zero-order chi connectivity index (χ0) is 35.6. The van der Waals surface area contributed by atoms with E-state index in [1.165, 1.54) is 12.8 Å². The van der Waals surface area contributed by atoms with Gasteiger partial charge in [0.05, 0.1) is 30.4 Å². The molecule has 0 aromatic heterocycles. The van der Waals surface area contributed by atoms with Crippen molar-refractivity contribution in [2.45, 2.75) is 104 Å². The predicted molar refractivity (Wildman–Crippen MR) is 199 cm³/mol. The van der Waals surface area contributed by atoms with E-state index in [1.54, 1.807) is 30.3 Å². The maximum Gasteiger partial charge on any atom is 0.343 e. The Hall–Kier alpha value is -4.65. The van der Waals surface area contributed by atoms with E-state index < -0.39 is 5.97 Å². The van der Waals surface area contributed by atoms with Gasteiger partial charge in [0.25, 0.3) is 0 Å². The number of rotatable bonds is 21. The Morgan fingerprint density at radius 3 is 1.90 bits per heavy atom. The number of ether oxygens (including phenoxy) is 4. The van der Waals surface area contributed by atoms with E-state index in [-0.39, 0.29) is 18.0 Å². The van der Waals surface area contributed by atoms with Crippen molar-refractivity contribution in [1.82, 2.24) is 0 Å². The van der Waals surface area contributed by atoms with Crippen LogP contribution in [0.15, 0.2) is 84.9 Å².